The van der Waals surface area contributed by atoms with Gasteiger partial charge in [-0.15, -0.1) is 0 Å². The number of hydrazone groups is 1. The fraction of sp³-hybridized carbons (Fsp3) is 0.737. The standard InChI is InChI=1S/C38H54N2O3/c1-22-15-18-38(33(41)42)20-19-36(6)27(30(38)23(22)2)13-14-29-35(5)21-26-31(24-9-11-25(43-8)12-10-24)39-40-32(26)34(3,4)28(35)16-17-37(29,36)7/h9-13,22-23,26,28-31,39H,14-21H2,1-8H3,(H,41,42). The van der Waals surface area contributed by atoms with Crippen LogP contribution >= 0.6 is 0 Å². The number of nitrogens with zero attached hydrogens (tertiary/aromatic N) is 1. The number of hydrogen-bond acceptors (Lipinski definition) is 4. The van der Waals surface area contributed by atoms with Crippen LogP contribution in [0, 0.1) is 62.6 Å². The Morgan fingerprint density at radius 3 is 2.37 bits per heavy atom. The van der Waals surface area contributed by atoms with Crippen molar-refractivity contribution in [3.05, 3.63) is 41.5 Å². The lowest BCUT2D eigenvalue weighted by molar-refractivity contribution is -0.183. The van der Waals surface area contributed by atoms with Crippen molar-refractivity contribution >= 4 is 11.7 Å². The van der Waals surface area contributed by atoms with Gasteiger partial charge >= 0.3 is 5.97 Å². The predicted molar refractivity (Wildman–Crippen MR) is 172 cm³/mol. The van der Waals surface area contributed by atoms with Crippen molar-refractivity contribution in [3.63, 3.8) is 0 Å². The molecule has 2 N–H and O–H groups in total. The van der Waals surface area contributed by atoms with E-state index in [1.54, 1.807) is 7.11 Å². The Hall–Kier alpha value is -2.30. The van der Waals surface area contributed by atoms with Crippen molar-refractivity contribution in [3.8, 4) is 5.75 Å². The van der Waals surface area contributed by atoms with Crippen LogP contribution in [0.3, 0.4) is 0 Å². The van der Waals surface area contributed by atoms with Gasteiger partial charge in [-0.3, -0.25) is 4.79 Å². The summed E-state index contributed by atoms with van der Waals surface area (Å²) in [5.41, 5.74) is 7.60. The summed E-state index contributed by atoms with van der Waals surface area (Å²) in [7, 11) is 1.72. The minimum absolute atomic E-state index is 0.0243. The van der Waals surface area contributed by atoms with Crippen LogP contribution in [-0.4, -0.2) is 23.9 Å². The minimum atomic E-state index is -0.582. The maximum atomic E-state index is 13.1. The summed E-state index contributed by atoms with van der Waals surface area (Å²) in [6.07, 6.45) is 11.0. The first kappa shape index (κ1) is 29.4. The predicted octanol–water partition coefficient (Wildman–Crippen LogP) is 8.66. The first-order chi connectivity index (χ1) is 20.2. The van der Waals surface area contributed by atoms with Gasteiger partial charge in [0.15, 0.2) is 0 Å². The van der Waals surface area contributed by atoms with Gasteiger partial charge in [-0.05, 0) is 115 Å². The van der Waals surface area contributed by atoms with Crippen molar-refractivity contribution in [1.29, 1.82) is 0 Å². The molecule has 7 rings (SSSR count). The number of allylic oxidation sites excluding steroid dienone is 2. The maximum absolute atomic E-state index is 13.1. The average molecular weight is 587 g/mol. The molecule has 4 fully saturated rings. The molecule has 5 nitrogen and oxygen atoms in total. The number of fused-ring (bicyclic) bond motifs is 8. The van der Waals surface area contributed by atoms with Crippen molar-refractivity contribution in [2.45, 2.75) is 106 Å². The highest BCUT2D eigenvalue weighted by molar-refractivity contribution is 5.95. The van der Waals surface area contributed by atoms with Crippen molar-refractivity contribution in [2.24, 2.45) is 67.7 Å². The molecule has 234 valence electrons. The lowest BCUT2D eigenvalue weighted by atomic mass is 9.33. The molecule has 5 aliphatic carbocycles. The number of ether oxygens (including phenoxy) is 1. The topological polar surface area (TPSA) is 70.9 Å². The first-order valence-electron chi connectivity index (χ1n) is 17.2. The number of carboxylic acid groups (broad SMARTS) is 1. The fourth-order valence-corrected chi connectivity index (χ4v) is 12.8. The minimum Gasteiger partial charge on any atom is -0.497 e. The Morgan fingerprint density at radius 1 is 0.977 bits per heavy atom. The molecule has 0 amide bonds. The van der Waals surface area contributed by atoms with Gasteiger partial charge in [0.2, 0.25) is 0 Å². The third kappa shape index (κ3) is 3.63. The Kier molecular flexibility index (Phi) is 6.40. The molecule has 4 saturated carbocycles. The van der Waals surface area contributed by atoms with Crippen molar-refractivity contribution < 1.29 is 14.6 Å². The fourth-order valence-electron chi connectivity index (χ4n) is 12.8. The summed E-state index contributed by atoms with van der Waals surface area (Å²) in [5, 5.41) is 15.8. The molecule has 11 atom stereocenters. The van der Waals surface area contributed by atoms with Gasteiger partial charge in [0.25, 0.3) is 0 Å². The summed E-state index contributed by atoms with van der Waals surface area (Å²) >= 11 is 0. The number of rotatable bonds is 3. The molecule has 0 bridgehead atoms. The summed E-state index contributed by atoms with van der Waals surface area (Å²) in [6.45, 7) is 17.5. The quantitative estimate of drug-likeness (QED) is 0.348. The summed E-state index contributed by atoms with van der Waals surface area (Å²) in [5.74, 6) is 3.01. The molecule has 1 aromatic carbocycles. The van der Waals surface area contributed by atoms with Crippen LogP contribution < -0.4 is 10.2 Å². The van der Waals surface area contributed by atoms with Crippen LogP contribution in [0.1, 0.15) is 111 Å². The number of benzene rings is 1. The zero-order valence-corrected chi connectivity index (χ0v) is 27.8. The van der Waals surface area contributed by atoms with Gasteiger partial charge in [0.05, 0.1) is 18.6 Å². The Bertz CT molecular complexity index is 1380. The molecular weight excluding hydrogens is 532 g/mol. The third-order valence-electron chi connectivity index (χ3n) is 15.4. The van der Waals surface area contributed by atoms with E-state index in [9.17, 15) is 9.90 Å². The molecule has 0 spiro atoms. The summed E-state index contributed by atoms with van der Waals surface area (Å²) < 4.78 is 5.46. The maximum Gasteiger partial charge on any atom is 0.310 e. The van der Waals surface area contributed by atoms with E-state index in [1.165, 1.54) is 29.7 Å². The highest BCUT2D eigenvalue weighted by Crippen LogP contribution is 2.76. The molecule has 6 aliphatic rings. The highest BCUT2D eigenvalue weighted by atomic mass is 16.5. The number of carbonyl (C=O) groups is 1. The molecule has 0 aromatic heterocycles. The molecule has 11 unspecified atom stereocenters. The first-order valence-corrected chi connectivity index (χ1v) is 17.2. The highest BCUT2D eigenvalue weighted by Gasteiger charge is 2.70. The molecular formula is C38H54N2O3. The van der Waals surface area contributed by atoms with E-state index in [-0.39, 0.29) is 33.6 Å². The second kappa shape index (κ2) is 9.36. The van der Waals surface area contributed by atoms with Crippen molar-refractivity contribution in [2.75, 3.05) is 7.11 Å². The largest absolute Gasteiger partial charge is 0.497 e. The Labute approximate surface area is 259 Å². The van der Waals surface area contributed by atoms with Gasteiger partial charge in [-0.1, -0.05) is 72.2 Å². The molecule has 0 radical (unpaired) electrons. The molecule has 0 saturated heterocycles. The lowest BCUT2D eigenvalue weighted by Crippen LogP contribution is -2.66. The van der Waals surface area contributed by atoms with Crippen LogP contribution in [0.2, 0.25) is 0 Å². The summed E-state index contributed by atoms with van der Waals surface area (Å²) in [6, 6.07) is 8.76. The molecule has 1 aromatic rings. The zero-order chi connectivity index (χ0) is 30.7. The molecule has 43 heavy (non-hydrogen) atoms. The van der Waals surface area contributed by atoms with E-state index >= 15 is 0 Å². The second-order valence-corrected chi connectivity index (χ2v) is 17.0. The van der Waals surface area contributed by atoms with Gasteiger partial charge in [0.1, 0.15) is 5.75 Å². The van der Waals surface area contributed by atoms with E-state index in [1.807, 2.05) is 0 Å². The van der Waals surface area contributed by atoms with E-state index < -0.39 is 11.4 Å². The van der Waals surface area contributed by atoms with E-state index in [0.717, 1.165) is 44.3 Å². The van der Waals surface area contributed by atoms with Gasteiger partial charge in [-0.25, -0.2) is 0 Å². The second-order valence-electron chi connectivity index (χ2n) is 17.0. The number of nitrogens with one attached hydrogen (secondary N) is 1. The monoisotopic (exact) mass is 586 g/mol. The van der Waals surface area contributed by atoms with Crippen LogP contribution in [0.5, 0.6) is 5.75 Å². The smallest absolute Gasteiger partial charge is 0.310 e. The van der Waals surface area contributed by atoms with Crippen LogP contribution in [-0.2, 0) is 4.79 Å². The molecule has 1 heterocycles. The van der Waals surface area contributed by atoms with E-state index in [2.05, 4.69) is 84.2 Å². The Morgan fingerprint density at radius 2 is 1.70 bits per heavy atom. The van der Waals surface area contributed by atoms with Crippen LogP contribution in [0.25, 0.3) is 0 Å². The Balaban J connectivity index is 1.29. The molecule has 1 aliphatic heterocycles. The third-order valence-corrected chi connectivity index (χ3v) is 15.4. The summed E-state index contributed by atoms with van der Waals surface area (Å²) in [4.78, 5) is 13.1. The lowest BCUT2D eigenvalue weighted by Gasteiger charge is -2.71. The SMILES string of the molecule is COc1ccc(C2NN=C3C2CC2(C)C(CCC4(C)C2CC=C2C5C(C)C(C)CCC5(C(=O)O)CCC24C)C3(C)C)cc1. The normalized spacial score (nSPS) is 47.8. The van der Waals surface area contributed by atoms with Gasteiger partial charge in [-0.2, -0.15) is 5.10 Å². The number of hydrogen-bond donors (Lipinski definition) is 2. The van der Waals surface area contributed by atoms with E-state index in [4.69, 9.17) is 9.84 Å². The van der Waals surface area contributed by atoms with Crippen molar-refractivity contribution in [1.82, 2.24) is 5.43 Å². The number of methoxy groups -OCH3 is 1. The van der Waals surface area contributed by atoms with E-state index in [0.29, 0.717) is 29.6 Å². The zero-order valence-electron chi connectivity index (χ0n) is 27.8. The van der Waals surface area contributed by atoms with Gasteiger partial charge in [0, 0.05) is 17.0 Å². The van der Waals surface area contributed by atoms with Crippen LogP contribution in [0.4, 0.5) is 0 Å². The number of carboxylic acids is 1. The van der Waals surface area contributed by atoms with Gasteiger partial charge < -0.3 is 15.3 Å². The average Bonchev–Trinajstić information content (AvgIpc) is 3.39. The number of aliphatic carboxylic acids is 1. The molecule has 5 heteroatoms. The van der Waals surface area contributed by atoms with Crippen LogP contribution in [0.15, 0.2) is 41.0 Å².